The lowest BCUT2D eigenvalue weighted by Crippen LogP contribution is -2.34. The van der Waals surface area contributed by atoms with Crippen LogP contribution < -0.4 is 20.4 Å². The highest BCUT2D eigenvalue weighted by Crippen LogP contribution is 2.08. The number of aliphatic imine (C=N–C) groups is 1. The second-order valence-corrected chi connectivity index (χ2v) is 7.47. The smallest absolute Gasteiger partial charge is 0.407 e. The van der Waals surface area contributed by atoms with Gasteiger partial charge in [0.1, 0.15) is 5.60 Å². The molecule has 0 fully saturated rings. The average Bonchev–Trinajstić information content (AvgIpc) is 2.99. The molecule has 0 aliphatic carbocycles. The molecule has 0 aliphatic heterocycles. The second-order valence-electron chi connectivity index (χ2n) is 6.23. The van der Waals surface area contributed by atoms with Gasteiger partial charge < -0.3 is 20.5 Å². The first-order chi connectivity index (χ1) is 12.2. The summed E-state index contributed by atoms with van der Waals surface area (Å²) >= 11 is 2.21. The van der Waals surface area contributed by atoms with Gasteiger partial charge in [-0.25, -0.2) is 4.79 Å². The summed E-state index contributed by atoms with van der Waals surface area (Å²) in [6.07, 6.45) is 0.982. The number of halogens is 1. The number of nitrogens with zero attached hydrogens (tertiary/aromatic N) is 3. The van der Waals surface area contributed by atoms with Gasteiger partial charge in [0.2, 0.25) is 11.0 Å². The Hall–Kier alpha value is -2.37. The van der Waals surface area contributed by atoms with Crippen molar-refractivity contribution in [2.45, 2.75) is 26.4 Å². The zero-order valence-electron chi connectivity index (χ0n) is 14.7. The molecule has 26 heavy (non-hydrogen) atoms. The predicted molar refractivity (Wildman–Crippen MR) is 101 cm³/mol. The van der Waals surface area contributed by atoms with Gasteiger partial charge in [-0.15, -0.1) is 0 Å². The Balaban J connectivity index is 1.80. The number of rotatable bonds is 5. The Morgan fingerprint density at radius 2 is 2.08 bits per heavy atom. The van der Waals surface area contributed by atoms with Gasteiger partial charge in [0.15, 0.2) is 0 Å². The van der Waals surface area contributed by atoms with Crippen molar-refractivity contribution in [2.24, 2.45) is 4.99 Å². The molecule has 1 aromatic carbocycles. The van der Waals surface area contributed by atoms with Gasteiger partial charge in [0, 0.05) is 22.2 Å². The molecule has 0 saturated carbocycles. The number of alkyl carbamates (subject to hydrolysis) is 1. The Morgan fingerprint density at radius 3 is 2.73 bits per heavy atom. The van der Waals surface area contributed by atoms with Crippen LogP contribution in [-0.2, 0) is 4.74 Å². The number of carbonyl (C=O) groups excluding carboxylic acids is 1. The van der Waals surface area contributed by atoms with E-state index in [1.54, 1.807) is 20.8 Å². The first-order valence-corrected chi connectivity index (χ1v) is 8.91. The number of carbonyl (C=O) groups is 1. The summed E-state index contributed by atoms with van der Waals surface area (Å²) in [5.41, 5.74) is 0.227. The first-order valence-electron chi connectivity index (χ1n) is 7.83. The van der Waals surface area contributed by atoms with Crippen molar-refractivity contribution in [2.75, 3.05) is 18.4 Å². The SMILES string of the molecule is CC(C)(C)OC(=O)NCCN=C([O-])Nc1c[n+](-c2ccc(I)cc2)no1. The summed E-state index contributed by atoms with van der Waals surface area (Å²) in [5, 5.41) is 20.6. The lowest BCUT2D eigenvalue weighted by Gasteiger charge is -2.19. The fourth-order valence-corrected chi connectivity index (χ4v) is 2.15. The van der Waals surface area contributed by atoms with Gasteiger partial charge in [-0.3, -0.25) is 9.52 Å². The molecule has 1 aromatic heterocycles. The molecule has 0 spiro atoms. The molecule has 0 unspecified atom stereocenters. The molecule has 9 nitrogen and oxygen atoms in total. The van der Waals surface area contributed by atoms with Crippen molar-refractivity contribution in [1.82, 2.24) is 10.6 Å². The first kappa shape index (κ1) is 19.9. The topological polar surface area (TPSA) is 116 Å². The van der Waals surface area contributed by atoms with Crippen molar-refractivity contribution in [3.05, 3.63) is 34.0 Å². The maximum atomic E-state index is 11.8. The molecule has 0 saturated heterocycles. The number of ether oxygens (including phenoxy) is 1. The maximum absolute atomic E-state index is 11.8. The van der Waals surface area contributed by atoms with E-state index >= 15 is 0 Å². The van der Waals surface area contributed by atoms with E-state index in [1.807, 2.05) is 24.3 Å². The number of hydrogen-bond acceptors (Lipinski definition) is 6. The summed E-state index contributed by atoms with van der Waals surface area (Å²) in [6, 6.07) is 7.03. The Kier molecular flexibility index (Phi) is 6.77. The van der Waals surface area contributed by atoms with Crippen LogP contribution >= 0.6 is 22.6 Å². The van der Waals surface area contributed by atoms with E-state index in [-0.39, 0.29) is 19.0 Å². The van der Waals surface area contributed by atoms with E-state index < -0.39 is 17.7 Å². The highest BCUT2D eigenvalue weighted by Gasteiger charge is 2.16. The van der Waals surface area contributed by atoms with Gasteiger partial charge in [-0.05, 0) is 60.2 Å². The largest absolute Gasteiger partial charge is 0.846 e. The molecule has 2 aromatic rings. The molecule has 0 radical (unpaired) electrons. The van der Waals surface area contributed by atoms with E-state index in [1.165, 1.54) is 10.9 Å². The molecule has 0 aliphatic rings. The van der Waals surface area contributed by atoms with Crippen LogP contribution in [-0.4, -0.2) is 36.1 Å². The number of amidine groups is 1. The van der Waals surface area contributed by atoms with Crippen LogP contribution in [0, 0.1) is 3.57 Å². The number of amides is 1. The fourth-order valence-electron chi connectivity index (χ4n) is 1.79. The van der Waals surface area contributed by atoms with E-state index in [0.29, 0.717) is 0 Å². The lowest BCUT2D eigenvalue weighted by molar-refractivity contribution is -0.670. The minimum atomic E-state index is -0.595. The zero-order chi connectivity index (χ0) is 19.2. The number of aromatic nitrogens is 2. The van der Waals surface area contributed by atoms with Gasteiger partial charge in [0.25, 0.3) is 6.20 Å². The van der Waals surface area contributed by atoms with Gasteiger partial charge in [-0.1, -0.05) is 0 Å². The summed E-state index contributed by atoms with van der Waals surface area (Å²) < 4.78 is 12.7. The van der Waals surface area contributed by atoms with Crippen molar-refractivity contribution in [1.29, 1.82) is 0 Å². The van der Waals surface area contributed by atoms with E-state index in [4.69, 9.17) is 9.26 Å². The number of nitrogens with one attached hydrogen (secondary N) is 2. The summed E-state index contributed by atoms with van der Waals surface area (Å²) in [6.45, 7) is 5.59. The summed E-state index contributed by atoms with van der Waals surface area (Å²) in [7, 11) is 0. The average molecular weight is 473 g/mol. The number of hydrogen-bond donors (Lipinski definition) is 2. The second kappa shape index (κ2) is 8.83. The highest BCUT2D eigenvalue weighted by molar-refractivity contribution is 14.1. The van der Waals surface area contributed by atoms with Crippen LogP contribution in [0.1, 0.15) is 20.8 Å². The highest BCUT2D eigenvalue weighted by atomic mass is 127. The molecule has 0 bridgehead atoms. The van der Waals surface area contributed by atoms with E-state index in [2.05, 4.69) is 43.5 Å². The third kappa shape index (κ3) is 6.86. The lowest BCUT2D eigenvalue weighted by atomic mass is 10.2. The van der Waals surface area contributed by atoms with Crippen LogP contribution in [0.4, 0.5) is 10.7 Å². The van der Waals surface area contributed by atoms with E-state index in [9.17, 15) is 9.90 Å². The molecule has 2 N–H and O–H groups in total. The number of anilines is 1. The minimum absolute atomic E-state index is 0.107. The Morgan fingerprint density at radius 1 is 1.38 bits per heavy atom. The van der Waals surface area contributed by atoms with Crippen molar-refractivity contribution < 1.29 is 23.8 Å². The summed E-state index contributed by atoms with van der Waals surface area (Å²) in [4.78, 5) is 15.2. The molecule has 1 amide bonds. The van der Waals surface area contributed by atoms with Gasteiger partial charge in [0.05, 0.1) is 12.6 Å². The molecule has 2 rings (SSSR count). The van der Waals surface area contributed by atoms with Crippen molar-refractivity contribution in [3.63, 3.8) is 0 Å². The number of benzene rings is 1. The zero-order valence-corrected chi connectivity index (χ0v) is 16.8. The monoisotopic (exact) mass is 473 g/mol. The third-order valence-electron chi connectivity index (χ3n) is 2.82. The van der Waals surface area contributed by atoms with Crippen LogP contribution in [0.2, 0.25) is 0 Å². The molecular weight excluding hydrogens is 453 g/mol. The standard InChI is InChI=1S/C16H20IN5O4/c1-16(2,3)25-15(24)19-9-8-18-14(23)20-13-10-22(21-26-13)12-6-4-11(17)5-7-12/h4-7,10H,8-9H2,1-3H3,(H2-,18,19,20,21,23,24). The van der Waals surface area contributed by atoms with Crippen molar-refractivity contribution in [3.8, 4) is 5.69 Å². The fraction of sp³-hybridized carbons (Fsp3) is 0.375. The normalized spacial score (nSPS) is 11.9. The van der Waals surface area contributed by atoms with Crippen LogP contribution in [0.25, 0.3) is 5.69 Å². The van der Waals surface area contributed by atoms with Crippen LogP contribution in [0.15, 0.2) is 40.0 Å². The molecule has 1 heterocycles. The Labute approximate surface area is 164 Å². The Bertz CT molecular complexity index is 768. The minimum Gasteiger partial charge on any atom is -0.846 e. The van der Waals surface area contributed by atoms with Crippen LogP contribution in [0.5, 0.6) is 0 Å². The van der Waals surface area contributed by atoms with E-state index in [0.717, 1.165) is 9.26 Å². The van der Waals surface area contributed by atoms with Gasteiger partial charge in [-0.2, -0.15) is 0 Å². The predicted octanol–water partition coefficient (Wildman–Crippen LogP) is 1.21. The molecule has 140 valence electrons. The molecule has 10 heteroatoms. The molecule has 0 atom stereocenters. The quantitative estimate of drug-likeness (QED) is 0.222. The third-order valence-corrected chi connectivity index (χ3v) is 3.54. The molecular formula is C16H20IN5O4. The van der Waals surface area contributed by atoms with Gasteiger partial charge >= 0.3 is 12.0 Å². The van der Waals surface area contributed by atoms with Crippen LogP contribution in [0.3, 0.4) is 0 Å². The van der Waals surface area contributed by atoms with Crippen molar-refractivity contribution >= 4 is 40.6 Å². The summed E-state index contributed by atoms with van der Waals surface area (Å²) in [5.74, 6) is 0.164. The maximum Gasteiger partial charge on any atom is 0.407 e.